The first-order chi connectivity index (χ1) is 6.15. The van der Waals surface area contributed by atoms with Crippen molar-refractivity contribution in [1.82, 2.24) is 4.90 Å². The summed E-state index contributed by atoms with van der Waals surface area (Å²) in [4.78, 5) is 6.26. The SMILES string of the molecule is C/N=C(/c1cccc(C)c1)N(C)C. The van der Waals surface area contributed by atoms with Crippen molar-refractivity contribution in [3.05, 3.63) is 35.4 Å². The van der Waals surface area contributed by atoms with Gasteiger partial charge in [0.05, 0.1) is 0 Å². The minimum Gasteiger partial charge on any atom is -0.363 e. The number of hydrogen-bond donors (Lipinski definition) is 0. The lowest BCUT2D eigenvalue weighted by molar-refractivity contribution is 0.622. The van der Waals surface area contributed by atoms with Crippen molar-refractivity contribution in [2.45, 2.75) is 6.92 Å². The number of nitrogens with zero attached hydrogens (tertiary/aromatic N) is 2. The summed E-state index contributed by atoms with van der Waals surface area (Å²) >= 11 is 0. The Labute approximate surface area is 79.9 Å². The molecule has 0 aliphatic heterocycles. The molecule has 0 atom stereocenters. The van der Waals surface area contributed by atoms with Gasteiger partial charge in [0.2, 0.25) is 0 Å². The Balaban J connectivity index is 3.06. The maximum atomic E-state index is 4.24. The Morgan fingerprint density at radius 2 is 2.00 bits per heavy atom. The summed E-state index contributed by atoms with van der Waals surface area (Å²) in [6, 6.07) is 8.36. The van der Waals surface area contributed by atoms with Gasteiger partial charge in [0.1, 0.15) is 5.84 Å². The third-order valence-electron chi connectivity index (χ3n) is 1.91. The molecule has 0 amide bonds. The van der Waals surface area contributed by atoms with E-state index in [4.69, 9.17) is 0 Å². The molecule has 2 heteroatoms. The highest BCUT2D eigenvalue weighted by Crippen LogP contribution is 2.06. The van der Waals surface area contributed by atoms with E-state index in [1.165, 1.54) is 11.1 Å². The van der Waals surface area contributed by atoms with E-state index in [1.54, 1.807) is 0 Å². The molecule has 0 aliphatic carbocycles. The third kappa shape index (κ3) is 2.31. The first-order valence-corrected chi connectivity index (χ1v) is 4.36. The summed E-state index contributed by atoms with van der Waals surface area (Å²) in [5, 5.41) is 0. The van der Waals surface area contributed by atoms with Crippen LogP contribution in [0.2, 0.25) is 0 Å². The van der Waals surface area contributed by atoms with E-state index in [-0.39, 0.29) is 0 Å². The van der Waals surface area contributed by atoms with Crippen LogP contribution in [-0.2, 0) is 0 Å². The molecule has 0 fully saturated rings. The van der Waals surface area contributed by atoms with Crippen LogP contribution in [0.25, 0.3) is 0 Å². The van der Waals surface area contributed by atoms with E-state index in [0.717, 1.165) is 5.84 Å². The third-order valence-corrected chi connectivity index (χ3v) is 1.91. The van der Waals surface area contributed by atoms with Gasteiger partial charge in [-0.2, -0.15) is 0 Å². The van der Waals surface area contributed by atoms with E-state index in [1.807, 2.05) is 26.0 Å². The Morgan fingerprint density at radius 3 is 2.46 bits per heavy atom. The summed E-state index contributed by atoms with van der Waals surface area (Å²) in [6.45, 7) is 2.09. The average molecular weight is 176 g/mol. The van der Waals surface area contributed by atoms with Crippen LogP contribution in [0.4, 0.5) is 0 Å². The van der Waals surface area contributed by atoms with Crippen molar-refractivity contribution in [2.75, 3.05) is 21.1 Å². The van der Waals surface area contributed by atoms with E-state index in [0.29, 0.717) is 0 Å². The molecule has 70 valence electrons. The van der Waals surface area contributed by atoms with Gasteiger partial charge in [0.25, 0.3) is 0 Å². The van der Waals surface area contributed by atoms with Crippen LogP contribution < -0.4 is 0 Å². The first kappa shape index (κ1) is 9.78. The molecule has 0 aliphatic rings. The highest BCUT2D eigenvalue weighted by molar-refractivity contribution is 5.98. The number of benzene rings is 1. The molecule has 0 bridgehead atoms. The Hall–Kier alpha value is -1.31. The topological polar surface area (TPSA) is 15.6 Å². The summed E-state index contributed by atoms with van der Waals surface area (Å²) in [6.07, 6.45) is 0. The van der Waals surface area contributed by atoms with Gasteiger partial charge in [0, 0.05) is 26.7 Å². The van der Waals surface area contributed by atoms with Crippen LogP contribution in [0.5, 0.6) is 0 Å². The first-order valence-electron chi connectivity index (χ1n) is 4.36. The lowest BCUT2D eigenvalue weighted by Gasteiger charge is -2.15. The number of rotatable bonds is 1. The summed E-state index contributed by atoms with van der Waals surface area (Å²) in [5.74, 6) is 1.02. The lowest BCUT2D eigenvalue weighted by Crippen LogP contribution is -2.22. The Kier molecular flexibility index (Phi) is 3.07. The molecular formula is C11H16N2. The van der Waals surface area contributed by atoms with Crippen molar-refractivity contribution in [3.8, 4) is 0 Å². The zero-order valence-corrected chi connectivity index (χ0v) is 8.70. The molecule has 1 aromatic rings. The quantitative estimate of drug-likeness (QED) is 0.471. The van der Waals surface area contributed by atoms with Crippen molar-refractivity contribution in [1.29, 1.82) is 0 Å². The number of hydrogen-bond acceptors (Lipinski definition) is 1. The standard InChI is InChI=1S/C11H16N2/c1-9-6-5-7-10(8-9)11(12-2)13(3)4/h5-8H,1-4H3/b12-11-. The number of aliphatic imine (C=N–C) groups is 1. The van der Waals surface area contributed by atoms with Gasteiger partial charge < -0.3 is 4.90 Å². The van der Waals surface area contributed by atoms with Gasteiger partial charge in [-0.25, -0.2) is 0 Å². The van der Waals surface area contributed by atoms with Crippen LogP contribution in [0.15, 0.2) is 29.3 Å². The molecule has 0 radical (unpaired) electrons. The maximum Gasteiger partial charge on any atom is 0.130 e. The predicted molar refractivity (Wildman–Crippen MR) is 57.3 cm³/mol. The van der Waals surface area contributed by atoms with E-state index >= 15 is 0 Å². The number of amidine groups is 1. The maximum absolute atomic E-state index is 4.24. The second-order valence-corrected chi connectivity index (χ2v) is 3.31. The fourth-order valence-corrected chi connectivity index (χ4v) is 1.37. The lowest BCUT2D eigenvalue weighted by atomic mass is 10.1. The zero-order valence-electron chi connectivity index (χ0n) is 8.70. The molecule has 13 heavy (non-hydrogen) atoms. The predicted octanol–water partition coefficient (Wildman–Crippen LogP) is 1.93. The monoisotopic (exact) mass is 176 g/mol. The van der Waals surface area contributed by atoms with Crippen molar-refractivity contribution >= 4 is 5.84 Å². The van der Waals surface area contributed by atoms with E-state index < -0.39 is 0 Å². The zero-order chi connectivity index (χ0) is 9.84. The number of aryl methyl sites for hydroxylation is 1. The largest absolute Gasteiger partial charge is 0.363 e. The Morgan fingerprint density at radius 1 is 1.31 bits per heavy atom. The normalized spacial score (nSPS) is 11.5. The second-order valence-electron chi connectivity index (χ2n) is 3.31. The highest BCUT2D eigenvalue weighted by atomic mass is 15.1. The average Bonchev–Trinajstić information content (AvgIpc) is 2.04. The van der Waals surface area contributed by atoms with Gasteiger partial charge in [-0.15, -0.1) is 0 Å². The second kappa shape index (κ2) is 4.08. The van der Waals surface area contributed by atoms with Crippen LogP contribution >= 0.6 is 0 Å². The smallest absolute Gasteiger partial charge is 0.130 e. The van der Waals surface area contributed by atoms with Gasteiger partial charge in [0.15, 0.2) is 0 Å². The molecule has 0 unspecified atom stereocenters. The molecule has 0 saturated heterocycles. The molecule has 0 heterocycles. The fourth-order valence-electron chi connectivity index (χ4n) is 1.37. The highest BCUT2D eigenvalue weighted by Gasteiger charge is 2.03. The molecule has 2 nitrogen and oxygen atoms in total. The molecule has 0 N–H and O–H groups in total. The molecular weight excluding hydrogens is 160 g/mol. The van der Waals surface area contributed by atoms with E-state index in [9.17, 15) is 0 Å². The van der Waals surface area contributed by atoms with Crippen molar-refractivity contribution in [2.24, 2.45) is 4.99 Å². The summed E-state index contributed by atoms with van der Waals surface area (Å²) < 4.78 is 0. The van der Waals surface area contributed by atoms with Crippen molar-refractivity contribution < 1.29 is 0 Å². The van der Waals surface area contributed by atoms with E-state index in [2.05, 4.69) is 36.2 Å². The summed E-state index contributed by atoms with van der Waals surface area (Å²) in [5.41, 5.74) is 2.44. The van der Waals surface area contributed by atoms with Crippen LogP contribution in [0.1, 0.15) is 11.1 Å². The molecule has 1 rings (SSSR count). The van der Waals surface area contributed by atoms with Crippen LogP contribution in [0.3, 0.4) is 0 Å². The van der Waals surface area contributed by atoms with Crippen LogP contribution in [0, 0.1) is 6.92 Å². The minimum absolute atomic E-state index is 1.02. The van der Waals surface area contributed by atoms with Gasteiger partial charge in [-0.05, 0) is 13.0 Å². The van der Waals surface area contributed by atoms with Gasteiger partial charge in [-0.3, -0.25) is 4.99 Å². The Bertz CT molecular complexity index is 314. The minimum atomic E-state index is 1.02. The van der Waals surface area contributed by atoms with Gasteiger partial charge >= 0.3 is 0 Å². The molecule has 1 aromatic carbocycles. The fraction of sp³-hybridized carbons (Fsp3) is 0.364. The van der Waals surface area contributed by atoms with Crippen LogP contribution in [-0.4, -0.2) is 31.9 Å². The molecule has 0 saturated carbocycles. The van der Waals surface area contributed by atoms with Crippen molar-refractivity contribution in [3.63, 3.8) is 0 Å². The summed E-state index contributed by atoms with van der Waals surface area (Å²) in [7, 11) is 5.83. The van der Waals surface area contributed by atoms with Gasteiger partial charge in [-0.1, -0.05) is 23.8 Å². The molecule has 0 spiro atoms. The molecule has 0 aromatic heterocycles.